The number of fused-ring (bicyclic) bond motifs is 1. The molecule has 264 valence electrons. The Balaban J connectivity index is 1.49. The normalized spacial score (nSPS) is 22.9. The molecular weight excluding hydrogens is 660 g/mol. The van der Waals surface area contributed by atoms with Gasteiger partial charge in [0.2, 0.25) is 5.88 Å². The number of benzene rings is 1. The number of aliphatic imine (C=N–C) groups is 1. The van der Waals surface area contributed by atoms with E-state index in [4.69, 9.17) is 34.9 Å². The lowest BCUT2D eigenvalue weighted by Crippen LogP contribution is -2.61. The highest BCUT2D eigenvalue weighted by Gasteiger charge is 2.47. The smallest absolute Gasteiger partial charge is 0.416 e. The number of amidine groups is 1. The molecule has 2 aromatic heterocycles. The van der Waals surface area contributed by atoms with E-state index >= 15 is 0 Å². The van der Waals surface area contributed by atoms with Crippen LogP contribution in [0.3, 0.4) is 0 Å². The fourth-order valence-corrected chi connectivity index (χ4v) is 6.32. The number of nitrogens with two attached hydrogens (primary N) is 1. The summed E-state index contributed by atoms with van der Waals surface area (Å²) >= 11 is 0. The number of methoxy groups -OCH3 is 1. The van der Waals surface area contributed by atoms with E-state index < -0.39 is 41.1 Å². The molecule has 0 aliphatic carbocycles. The number of aliphatic hydroxyl groups is 1. The van der Waals surface area contributed by atoms with Gasteiger partial charge in [-0.1, -0.05) is 6.92 Å². The highest BCUT2D eigenvalue weighted by Crippen LogP contribution is 2.46. The lowest BCUT2D eigenvalue weighted by Gasteiger charge is -2.47. The molecule has 1 saturated heterocycles. The largest absolute Gasteiger partial charge is 0.481 e. The van der Waals surface area contributed by atoms with E-state index in [1.54, 1.807) is 17.0 Å². The standard InChI is InChI=1S/C32H35F6N7O4/c1-3-30(39)14-22(27-24(4-5-26(43-27)47-2)45(30)29-41-21(16-46)17-49-29)28-40-15-25(44-6-8-48-9-7-44)23(42-28)12-18-10-19(31(33,34)35)13-20(11-18)32(36,37)38/h4-5,10-11,13,15,21-22,46H,3,6-9,12,14,16-17,39H2,1-2H3/t21-,22+,30-/m1/s1. The first kappa shape index (κ1) is 34.6. The van der Waals surface area contributed by atoms with Gasteiger partial charge in [0.25, 0.3) is 6.02 Å². The molecule has 0 unspecified atom stereocenters. The quantitative estimate of drug-likeness (QED) is 0.341. The first-order valence-electron chi connectivity index (χ1n) is 15.7. The summed E-state index contributed by atoms with van der Waals surface area (Å²) in [4.78, 5) is 22.4. The molecular formula is C32H35F6N7O4. The highest BCUT2D eigenvalue weighted by atomic mass is 19.4. The number of halogens is 6. The topological polar surface area (TPSA) is 131 Å². The van der Waals surface area contributed by atoms with E-state index in [2.05, 4.69) is 4.99 Å². The number of pyridine rings is 1. The molecule has 3 aliphatic heterocycles. The monoisotopic (exact) mass is 695 g/mol. The van der Waals surface area contributed by atoms with Crippen LogP contribution in [0, 0.1) is 0 Å². The molecule has 0 bridgehead atoms. The van der Waals surface area contributed by atoms with Crippen molar-refractivity contribution in [2.45, 2.75) is 56.2 Å². The maximum absolute atomic E-state index is 13.8. The molecule has 3 N–H and O–H groups in total. The summed E-state index contributed by atoms with van der Waals surface area (Å²) < 4.78 is 99.3. The zero-order valence-electron chi connectivity index (χ0n) is 26.7. The van der Waals surface area contributed by atoms with Gasteiger partial charge in [0.15, 0.2) is 0 Å². The van der Waals surface area contributed by atoms with Gasteiger partial charge in [-0.15, -0.1) is 0 Å². The second-order valence-electron chi connectivity index (χ2n) is 12.1. The summed E-state index contributed by atoms with van der Waals surface area (Å²) in [5, 5.41) is 9.68. The predicted molar refractivity (Wildman–Crippen MR) is 166 cm³/mol. The van der Waals surface area contributed by atoms with Gasteiger partial charge in [0, 0.05) is 25.6 Å². The van der Waals surface area contributed by atoms with Crippen LogP contribution in [-0.2, 0) is 28.2 Å². The van der Waals surface area contributed by atoms with Crippen molar-refractivity contribution < 1.29 is 45.7 Å². The second kappa shape index (κ2) is 13.2. The van der Waals surface area contributed by atoms with E-state index in [9.17, 15) is 31.4 Å². The van der Waals surface area contributed by atoms with Gasteiger partial charge in [-0.05, 0) is 42.7 Å². The van der Waals surface area contributed by atoms with Gasteiger partial charge in [-0.25, -0.2) is 19.9 Å². The Hall–Kier alpha value is -4.22. The zero-order chi connectivity index (χ0) is 35.1. The fourth-order valence-electron chi connectivity index (χ4n) is 6.32. The third kappa shape index (κ3) is 6.96. The molecule has 49 heavy (non-hydrogen) atoms. The summed E-state index contributed by atoms with van der Waals surface area (Å²) in [5.74, 6) is -0.171. The molecule has 0 radical (unpaired) electrons. The Labute approximate surface area is 277 Å². The Morgan fingerprint density at radius 3 is 2.31 bits per heavy atom. The molecule has 3 atom stereocenters. The van der Waals surface area contributed by atoms with Crippen molar-refractivity contribution in [1.29, 1.82) is 0 Å². The van der Waals surface area contributed by atoms with Crippen molar-refractivity contribution in [1.82, 2.24) is 15.0 Å². The van der Waals surface area contributed by atoms with Gasteiger partial charge in [0.05, 0.1) is 78.6 Å². The molecule has 1 fully saturated rings. The second-order valence-corrected chi connectivity index (χ2v) is 12.1. The number of hydrogen-bond donors (Lipinski definition) is 2. The van der Waals surface area contributed by atoms with Gasteiger partial charge in [-0.3, -0.25) is 4.90 Å². The van der Waals surface area contributed by atoms with E-state index in [1.165, 1.54) is 13.3 Å². The maximum Gasteiger partial charge on any atom is 0.416 e. The molecule has 11 nitrogen and oxygen atoms in total. The number of aliphatic hydroxyl groups excluding tert-OH is 1. The molecule has 3 aliphatic rings. The zero-order valence-corrected chi connectivity index (χ0v) is 26.7. The van der Waals surface area contributed by atoms with Gasteiger partial charge < -0.3 is 30.0 Å². The lowest BCUT2D eigenvalue weighted by molar-refractivity contribution is -0.143. The molecule has 17 heteroatoms. The first-order chi connectivity index (χ1) is 23.2. The molecule has 6 rings (SSSR count). The van der Waals surface area contributed by atoms with Gasteiger partial charge >= 0.3 is 12.4 Å². The Morgan fingerprint density at radius 2 is 1.71 bits per heavy atom. The third-order valence-corrected chi connectivity index (χ3v) is 8.92. The third-order valence-electron chi connectivity index (χ3n) is 8.92. The molecule has 5 heterocycles. The first-order valence-corrected chi connectivity index (χ1v) is 15.7. The Morgan fingerprint density at radius 1 is 1.02 bits per heavy atom. The molecule has 3 aromatic rings. The molecule has 0 saturated carbocycles. The summed E-state index contributed by atoms with van der Waals surface area (Å²) in [6, 6.07) is 4.65. The fraction of sp³-hybridized carbons (Fsp3) is 0.500. The van der Waals surface area contributed by atoms with Crippen molar-refractivity contribution >= 4 is 17.4 Å². The maximum atomic E-state index is 13.8. The van der Waals surface area contributed by atoms with Crippen LogP contribution in [0.1, 0.15) is 59.6 Å². The van der Waals surface area contributed by atoms with Crippen LogP contribution in [0.15, 0.2) is 41.5 Å². The van der Waals surface area contributed by atoms with Crippen LogP contribution in [0.4, 0.5) is 37.7 Å². The van der Waals surface area contributed by atoms with Crippen LogP contribution in [0.2, 0.25) is 0 Å². The van der Waals surface area contributed by atoms with Crippen LogP contribution in [-0.4, -0.2) is 84.4 Å². The van der Waals surface area contributed by atoms with Crippen molar-refractivity contribution in [3.05, 3.63) is 70.4 Å². The number of rotatable bonds is 7. The van der Waals surface area contributed by atoms with Gasteiger partial charge in [0.1, 0.15) is 18.5 Å². The van der Waals surface area contributed by atoms with Crippen molar-refractivity contribution in [3.8, 4) is 5.88 Å². The lowest BCUT2D eigenvalue weighted by atomic mass is 9.83. The van der Waals surface area contributed by atoms with Crippen LogP contribution in [0.25, 0.3) is 0 Å². The van der Waals surface area contributed by atoms with Crippen molar-refractivity contribution in [2.24, 2.45) is 10.7 Å². The predicted octanol–water partition coefficient (Wildman–Crippen LogP) is 4.50. The molecule has 1 aromatic carbocycles. The van der Waals surface area contributed by atoms with E-state index in [-0.39, 0.29) is 61.1 Å². The number of anilines is 2. The minimum atomic E-state index is -5.00. The van der Waals surface area contributed by atoms with E-state index in [0.29, 0.717) is 61.9 Å². The summed E-state index contributed by atoms with van der Waals surface area (Å²) in [7, 11) is 1.45. The Bertz CT molecular complexity index is 1680. The number of aromatic nitrogens is 3. The number of nitrogens with zero attached hydrogens (tertiary/aromatic N) is 6. The number of hydrogen-bond acceptors (Lipinski definition) is 11. The summed E-state index contributed by atoms with van der Waals surface area (Å²) in [6.07, 6.45) is -8.24. The highest BCUT2D eigenvalue weighted by molar-refractivity contribution is 5.95. The molecule has 0 amide bonds. The molecule has 0 spiro atoms. The number of alkyl halides is 6. The van der Waals surface area contributed by atoms with Gasteiger partial charge in [-0.2, -0.15) is 26.3 Å². The average Bonchev–Trinajstić information content (AvgIpc) is 3.56. The van der Waals surface area contributed by atoms with Crippen LogP contribution >= 0.6 is 0 Å². The van der Waals surface area contributed by atoms with E-state index in [1.807, 2.05) is 11.8 Å². The number of morpholine rings is 1. The Kier molecular flexibility index (Phi) is 9.36. The van der Waals surface area contributed by atoms with E-state index in [0.717, 1.165) is 0 Å². The SMILES string of the molecule is CC[C@]1(N)C[C@H](c2ncc(N3CCOCC3)c(Cc3cc(C(F)(F)F)cc(C(F)(F)F)c3)n2)c2nc(OC)ccc2N1C1=N[C@H](CO)CO1. The van der Waals surface area contributed by atoms with Crippen LogP contribution in [0.5, 0.6) is 5.88 Å². The average molecular weight is 696 g/mol. The van der Waals surface area contributed by atoms with Crippen LogP contribution < -0.4 is 20.3 Å². The summed E-state index contributed by atoms with van der Waals surface area (Å²) in [5.41, 5.74) is 4.58. The summed E-state index contributed by atoms with van der Waals surface area (Å²) in [6.45, 7) is 3.40. The minimum Gasteiger partial charge on any atom is -0.481 e. The number of ether oxygens (including phenoxy) is 3. The minimum absolute atomic E-state index is 0.105. The van der Waals surface area contributed by atoms with Crippen molar-refractivity contribution in [2.75, 3.05) is 56.4 Å². The van der Waals surface area contributed by atoms with Crippen molar-refractivity contribution in [3.63, 3.8) is 0 Å².